The van der Waals surface area contributed by atoms with Gasteiger partial charge < -0.3 is 33.6 Å². The van der Waals surface area contributed by atoms with Crippen LogP contribution in [-0.4, -0.2) is 87.0 Å². The zero-order chi connectivity index (χ0) is 29.4. The van der Waals surface area contributed by atoms with Crippen LogP contribution in [0.1, 0.15) is 39.2 Å². The maximum Gasteiger partial charge on any atom is 0.409 e. The Morgan fingerprint density at radius 2 is 1.62 bits per heavy atom. The first-order valence-electron chi connectivity index (χ1n) is 13.2. The Labute approximate surface area is 231 Å². The standard InChI is InChI=1S/C26H35FN4O9/c1-5-38-24(32)18(25(33)39-6-2)15-30(17-8-9-17)23-19(16-37-4)22(20(27)14-21(23)31(35)36)28-10-12-29(13-11-28)26(34)40-7-3/h14-15,17H,5-13,16H2,1-4H3. The van der Waals surface area contributed by atoms with Crippen LogP contribution in [0.4, 0.5) is 26.2 Å². The van der Waals surface area contributed by atoms with E-state index in [1.807, 2.05) is 0 Å². The summed E-state index contributed by atoms with van der Waals surface area (Å²) >= 11 is 0. The first-order chi connectivity index (χ1) is 19.2. The molecule has 0 bridgehead atoms. The maximum atomic E-state index is 15.6. The molecule has 3 rings (SSSR count). The number of rotatable bonds is 12. The number of ether oxygens (including phenoxy) is 4. The number of carbonyl (C=O) groups is 3. The minimum atomic E-state index is -0.944. The van der Waals surface area contributed by atoms with Gasteiger partial charge in [-0.3, -0.25) is 10.1 Å². The number of amides is 1. The van der Waals surface area contributed by atoms with Gasteiger partial charge in [0.1, 0.15) is 5.69 Å². The van der Waals surface area contributed by atoms with Gasteiger partial charge in [0.2, 0.25) is 0 Å². The van der Waals surface area contributed by atoms with Gasteiger partial charge in [0.25, 0.3) is 5.69 Å². The van der Waals surface area contributed by atoms with Crippen molar-refractivity contribution in [2.75, 3.05) is 62.9 Å². The van der Waals surface area contributed by atoms with E-state index in [0.717, 1.165) is 6.07 Å². The van der Waals surface area contributed by atoms with Crippen LogP contribution >= 0.6 is 0 Å². The van der Waals surface area contributed by atoms with Crippen molar-refractivity contribution in [2.24, 2.45) is 0 Å². The summed E-state index contributed by atoms with van der Waals surface area (Å²) in [6.07, 6.45) is 1.95. The Hall–Kier alpha value is -3.94. The molecule has 1 amide bonds. The number of carbonyl (C=O) groups excluding carboxylic acids is 3. The number of nitro benzene ring substituents is 1. The molecule has 0 unspecified atom stereocenters. The predicted octanol–water partition coefficient (Wildman–Crippen LogP) is 3.14. The summed E-state index contributed by atoms with van der Waals surface area (Å²) in [6, 6.07) is 0.534. The maximum absolute atomic E-state index is 15.6. The van der Waals surface area contributed by atoms with E-state index in [2.05, 4.69) is 0 Å². The second-order valence-electron chi connectivity index (χ2n) is 9.04. The molecule has 1 aromatic rings. The average Bonchev–Trinajstić information content (AvgIpc) is 3.76. The monoisotopic (exact) mass is 566 g/mol. The van der Waals surface area contributed by atoms with E-state index in [1.165, 1.54) is 23.1 Å². The summed E-state index contributed by atoms with van der Waals surface area (Å²) in [5.41, 5.74) is -0.728. The number of anilines is 2. The van der Waals surface area contributed by atoms with Crippen LogP contribution in [0.3, 0.4) is 0 Å². The molecular formula is C26H35FN4O9. The Morgan fingerprint density at radius 3 is 2.10 bits per heavy atom. The fourth-order valence-corrected chi connectivity index (χ4v) is 4.50. The molecule has 2 fully saturated rings. The summed E-state index contributed by atoms with van der Waals surface area (Å²) in [4.78, 5) is 53.7. The van der Waals surface area contributed by atoms with Crippen molar-refractivity contribution in [3.63, 3.8) is 0 Å². The smallest absolute Gasteiger partial charge is 0.409 e. The van der Waals surface area contributed by atoms with E-state index in [1.54, 1.807) is 25.7 Å². The Balaban J connectivity index is 2.17. The lowest BCUT2D eigenvalue weighted by Gasteiger charge is -2.37. The van der Waals surface area contributed by atoms with E-state index < -0.39 is 40.0 Å². The molecule has 0 atom stereocenters. The highest BCUT2D eigenvalue weighted by Gasteiger charge is 2.39. The highest BCUT2D eigenvalue weighted by Crippen LogP contribution is 2.45. The second kappa shape index (κ2) is 13.9. The number of piperazine rings is 1. The number of hydrogen-bond acceptors (Lipinski definition) is 11. The third-order valence-corrected chi connectivity index (χ3v) is 6.37. The number of nitro groups is 1. The first-order valence-corrected chi connectivity index (χ1v) is 13.2. The van der Waals surface area contributed by atoms with Crippen LogP contribution in [-0.2, 0) is 35.1 Å². The van der Waals surface area contributed by atoms with E-state index in [9.17, 15) is 24.5 Å². The second-order valence-corrected chi connectivity index (χ2v) is 9.04. The molecule has 1 saturated carbocycles. The van der Waals surface area contributed by atoms with Crippen molar-refractivity contribution in [1.82, 2.24) is 4.90 Å². The molecule has 0 aromatic heterocycles. The summed E-state index contributed by atoms with van der Waals surface area (Å²) in [5, 5.41) is 12.2. The highest BCUT2D eigenvalue weighted by molar-refractivity contribution is 6.14. The number of hydrogen-bond donors (Lipinski definition) is 0. The fourth-order valence-electron chi connectivity index (χ4n) is 4.50. The Morgan fingerprint density at radius 1 is 1.05 bits per heavy atom. The van der Waals surface area contributed by atoms with Crippen LogP contribution in [0.15, 0.2) is 17.8 Å². The third kappa shape index (κ3) is 6.97. The minimum absolute atomic E-state index is 0.00432. The van der Waals surface area contributed by atoms with Gasteiger partial charge in [-0.15, -0.1) is 0 Å². The van der Waals surface area contributed by atoms with E-state index in [0.29, 0.717) is 12.8 Å². The number of nitrogens with zero attached hydrogens (tertiary/aromatic N) is 4. The number of methoxy groups -OCH3 is 1. The lowest BCUT2D eigenvalue weighted by Crippen LogP contribution is -2.49. The zero-order valence-corrected chi connectivity index (χ0v) is 23.1. The van der Waals surface area contributed by atoms with E-state index in [-0.39, 0.29) is 75.6 Å². The van der Waals surface area contributed by atoms with Crippen LogP contribution in [0, 0.1) is 15.9 Å². The van der Waals surface area contributed by atoms with Crippen molar-refractivity contribution >= 4 is 35.1 Å². The van der Waals surface area contributed by atoms with Gasteiger partial charge in [0.05, 0.1) is 43.1 Å². The van der Waals surface area contributed by atoms with Crippen LogP contribution < -0.4 is 9.80 Å². The van der Waals surface area contributed by atoms with E-state index in [4.69, 9.17) is 18.9 Å². The number of benzene rings is 1. The molecule has 1 aliphatic carbocycles. The first kappa shape index (κ1) is 30.6. The quantitative estimate of drug-likeness (QED) is 0.0701. The van der Waals surface area contributed by atoms with Crippen LogP contribution in [0.25, 0.3) is 0 Å². The van der Waals surface area contributed by atoms with Crippen molar-refractivity contribution in [1.29, 1.82) is 0 Å². The SMILES string of the molecule is CCOC(=O)C(=CN(c1c([N+](=O)[O-])cc(F)c(N2CCN(C(=O)OCC)CC2)c1COC)C1CC1)C(=O)OCC. The van der Waals surface area contributed by atoms with Gasteiger partial charge in [-0.1, -0.05) is 0 Å². The summed E-state index contributed by atoms with van der Waals surface area (Å²) in [7, 11) is 1.38. The zero-order valence-electron chi connectivity index (χ0n) is 23.1. The molecule has 14 heteroatoms. The van der Waals surface area contributed by atoms with Crippen molar-refractivity contribution in [3.8, 4) is 0 Å². The van der Waals surface area contributed by atoms with Gasteiger partial charge in [0.15, 0.2) is 11.4 Å². The van der Waals surface area contributed by atoms with E-state index >= 15 is 4.39 Å². The number of halogens is 1. The Kier molecular flexibility index (Phi) is 10.6. The molecule has 1 saturated heterocycles. The number of esters is 2. The molecule has 1 aromatic carbocycles. The molecule has 0 radical (unpaired) electrons. The van der Waals surface area contributed by atoms with Crippen molar-refractivity contribution in [2.45, 2.75) is 46.3 Å². The third-order valence-electron chi connectivity index (χ3n) is 6.37. The van der Waals surface area contributed by atoms with Crippen molar-refractivity contribution in [3.05, 3.63) is 39.3 Å². The molecule has 220 valence electrons. The van der Waals surface area contributed by atoms with Gasteiger partial charge >= 0.3 is 18.0 Å². The molecule has 0 N–H and O–H groups in total. The summed E-state index contributed by atoms with van der Waals surface area (Å²) in [5.74, 6) is -2.72. The molecule has 0 spiro atoms. The predicted molar refractivity (Wildman–Crippen MR) is 141 cm³/mol. The largest absolute Gasteiger partial charge is 0.462 e. The van der Waals surface area contributed by atoms with Crippen LogP contribution in [0.5, 0.6) is 0 Å². The fraction of sp³-hybridized carbons (Fsp3) is 0.577. The topological polar surface area (TPSA) is 141 Å². The Bertz CT molecular complexity index is 1130. The molecule has 40 heavy (non-hydrogen) atoms. The highest BCUT2D eigenvalue weighted by atomic mass is 19.1. The van der Waals surface area contributed by atoms with Crippen LogP contribution in [0.2, 0.25) is 0 Å². The van der Waals surface area contributed by atoms with Gasteiger partial charge in [0, 0.05) is 51.1 Å². The minimum Gasteiger partial charge on any atom is -0.462 e. The van der Waals surface area contributed by atoms with Gasteiger partial charge in [-0.25, -0.2) is 18.8 Å². The lowest BCUT2D eigenvalue weighted by molar-refractivity contribution is -0.384. The molecule has 13 nitrogen and oxygen atoms in total. The molecule has 2 aliphatic rings. The molecule has 1 heterocycles. The lowest BCUT2D eigenvalue weighted by atomic mass is 10.0. The normalized spacial score (nSPS) is 14.8. The van der Waals surface area contributed by atoms with Crippen molar-refractivity contribution < 1.29 is 42.6 Å². The van der Waals surface area contributed by atoms with Gasteiger partial charge in [-0.2, -0.15) is 0 Å². The van der Waals surface area contributed by atoms with Gasteiger partial charge in [-0.05, 0) is 33.6 Å². The summed E-state index contributed by atoms with van der Waals surface area (Å²) in [6.45, 7) is 5.84. The molecule has 1 aliphatic heterocycles. The average molecular weight is 567 g/mol. The summed E-state index contributed by atoms with van der Waals surface area (Å²) < 4.78 is 36.2. The molecular weight excluding hydrogens is 531 g/mol.